The Kier molecular flexibility index (Phi) is 4.11. The Labute approximate surface area is 90.9 Å². The van der Waals surface area contributed by atoms with Gasteiger partial charge in [-0.1, -0.05) is 0 Å². The first-order chi connectivity index (χ1) is 6.52. The number of likely N-dealkylation sites (N-methyl/N-ethyl adjacent to an activating group) is 1. The van der Waals surface area contributed by atoms with Gasteiger partial charge < -0.3 is 10.2 Å². The highest BCUT2D eigenvalue weighted by molar-refractivity contribution is 7.07. The molecule has 0 aromatic carbocycles. The van der Waals surface area contributed by atoms with E-state index >= 15 is 0 Å². The predicted octanol–water partition coefficient (Wildman–Crippen LogP) is 2.18. The van der Waals surface area contributed by atoms with Crippen molar-refractivity contribution < 1.29 is 0 Å². The Hall–Kier alpha value is -0.380. The topological polar surface area (TPSA) is 15.3 Å². The molecule has 0 aliphatic carbocycles. The van der Waals surface area contributed by atoms with Crippen molar-refractivity contribution >= 4 is 11.3 Å². The molecule has 0 aliphatic rings. The normalized spacial score (nSPS) is 12.4. The third-order valence-electron chi connectivity index (χ3n) is 2.68. The summed E-state index contributed by atoms with van der Waals surface area (Å²) >= 11 is 1.75. The maximum Gasteiger partial charge on any atom is 0.0271 e. The van der Waals surface area contributed by atoms with Gasteiger partial charge >= 0.3 is 0 Å². The molecule has 0 atom stereocenters. The highest BCUT2D eigenvalue weighted by atomic mass is 32.1. The van der Waals surface area contributed by atoms with E-state index in [1.807, 2.05) is 0 Å². The predicted molar refractivity (Wildman–Crippen MR) is 63.8 cm³/mol. The highest BCUT2D eigenvalue weighted by Crippen LogP contribution is 2.09. The van der Waals surface area contributed by atoms with Crippen molar-refractivity contribution in [1.29, 1.82) is 0 Å². The van der Waals surface area contributed by atoms with E-state index in [-0.39, 0.29) is 5.54 Å². The molecule has 1 N–H and O–H groups in total. The second-order valence-electron chi connectivity index (χ2n) is 4.44. The fourth-order valence-electron chi connectivity index (χ4n) is 1.06. The zero-order valence-electron chi connectivity index (χ0n) is 9.50. The van der Waals surface area contributed by atoms with Crippen molar-refractivity contribution in [2.45, 2.75) is 25.9 Å². The Morgan fingerprint density at radius 3 is 2.64 bits per heavy atom. The Bertz CT molecular complexity index is 252. The van der Waals surface area contributed by atoms with Gasteiger partial charge in [-0.25, -0.2) is 0 Å². The lowest BCUT2D eigenvalue weighted by Crippen LogP contribution is -2.46. The van der Waals surface area contributed by atoms with Crippen molar-refractivity contribution in [2.75, 3.05) is 20.6 Å². The van der Waals surface area contributed by atoms with Crippen molar-refractivity contribution in [3.05, 3.63) is 22.4 Å². The Morgan fingerprint density at radius 1 is 1.43 bits per heavy atom. The lowest BCUT2D eigenvalue weighted by Gasteiger charge is -2.32. The average molecular weight is 212 g/mol. The summed E-state index contributed by atoms with van der Waals surface area (Å²) in [7, 11) is 4.23. The van der Waals surface area contributed by atoms with Gasteiger partial charge in [0, 0.05) is 18.6 Å². The van der Waals surface area contributed by atoms with Gasteiger partial charge in [0.05, 0.1) is 0 Å². The summed E-state index contributed by atoms with van der Waals surface area (Å²) in [6.45, 7) is 6.47. The van der Waals surface area contributed by atoms with Gasteiger partial charge in [-0.3, -0.25) is 0 Å². The lowest BCUT2D eigenvalue weighted by molar-refractivity contribution is 0.190. The van der Waals surface area contributed by atoms with Crippen LogP contribution in [0.5, 0.6) is 0 Å². The summed E-state index contributed by atoms with van der Waals surface area (Å²) < 4.78 is 0. The fourth-order valence-corrected chi connectivity index (χ4v) is 1.73. The first kappa shape index (κ1) is 11.7. The van der Waals surface area contributed by atoms with Gasteiger partial charge in [-0.05, 0) is 50.3 Å². The van der Waals surface area contributed by atoms with Gasteiger partial charge in [0.25, 0.3) is 0 Å². The molecule has 0 amide bonds. The third-order valence-corrected chi connectivity index (χ3v) is 3.41. The second-order valence-corrected chi connectivity index (χ2v) is 5.22. The number of nitrogens with one attached hydrogen (secondary N) is 1. The summed E-state index contributed by atoms with van der Waals surface area (Å²) in [6, 6.07) is 2.17. The summed E-state index contributed by atoms with van der Waals surface area (Å²) in [5.41, 5.74) is 1.60. The van der Waals surface area contributed by atoms with E-state index in [0.717, 1.165) is 13.1 Å². The molecule has 0 radical (unpaired) electrons. The van der Waals surface area contributed by atoms with Gasteiger partial charge in [-0.15, -0.1) is 0 Å². The van der Waals surface area contributed by atoms with Crippen LogP contribution in [0.15, 0.2) is 16.8 Å². The summed E-state index contributed by atoms with van der Waals surface area (Å²) in [5, 5.41) is 7.78. The zero-order chi connectivity index (χ0) is 10.6. The average Bonchev–Trinajstić information content (AvgIpc) is 2.56. The van der Waals surface area contributed by atoms with E-state index in [0.29, 0.717) is 0 Å². The molecule has 0 bridgehead atoms. The van der Waals surface area contributed by atoms with Crippen LogP contribution in [0.25, 0.3) is 0 Å². The molecule has 0 saturated heterocycles. The van der Waals surface area contributed by atoms with Crippen LogP contribution in [-0.2, 0) is 6.54 Å². The SMILES string of the molecule is CN(C)C(C)(C)CNCc1ccsc1. The van der Waals surface area contributed by atoms with E-state index in [1.54, 1.807) is 11.3 Å². The molecule has 14 heavy (non-hydrogen) atoms. The molecule has 0 unspecified atom stereocenters. The first-order valence-electron chi connectivity index (χ1n) is 4.91. The molecule has 0 aliphatic heterocycles. The molecule has 0 fully saturated rings. The standard InChI is InChI=1S/C11H20N2S/c1-11(2,13(3)4)9-12-7-10-5-6-14-8-10/h5-6,8,12H,7,9H2,1-4H3. The lowest BCUT2D eigenvalue weighted by atomic mass is 10.0. The molecule has 1 aromatic rings. The Morgan fingerprint density at radius 2 is 2.14 bits per heavy atom. The van der Waals surface area contributed by atoms with Gasteiger partial charge in [0.1, 0.15) is 0 Å². The molecule has 3 heteroatoms. The van der Waals surface area contributed by atoms with Crippen molar-refractivity contribution in [3.8, 4) is 0 Å². The monoisotopic (exact) mass is 212 g/mol. The van der Waals surface area contributed by atoms with Gasteiger partial charge in [-0.2, -0.15) is 11.3 Å². The fraction of sp³-hybridized carbons (Fsp3) is 0.636. The highest BCUT2D eigenvalue weighted by Gasteiger charge is 2.19. The molecule has 0 spiro atoms. The number of hydrogen-bond donors (Lipinski definition) is 1. The summed E-state index contributed by atoms with van der Waals surface area (Å²) in [6.07, 6.45) is 0. The van der Waals surface area contributed by atoms with Crippen LogP contribution in [0.3, 0.4) is 0 Å². The molecular formula is C11H20N2S. The van der Waals surface area contributed by atoms with Crippen LogP contribution in [0, 0.1) is 0 Å². The minimum absolute atomic E-state index is 0.218. The van der Waals surface area contributed by atoms with E-state index in [4.69, 9.17) is 0 Å². The van der Waals surface area contributed by atoms with Crippen molar-refractivity contribution in [1.82, 2.24) is 10.2 Å². The molecule has 1 aromatic heterocycles. The van der Waals surface area contributed by atoms with E-state index in [1.165, 1.54) is 5.56 Å². The van der Waals surface area contributed by atoms with Crippen LogP contribution in [0.4, 0.5) is 0 Å². The van der Waals surface area contributed by atoms with Crippen LogP contribution >= 0.6 is 11.3 Å². The molecular weight excluding hydrogens is 192 g/mol. The smallest absolute Gasteiger partial charge is 0.0271 e. The first-order valence-corrected chi connectivity index (χ1v) is 5.86. The van der Waals surface area contributed by atoms with Crippen LogP contribution < -0.4 is 5.32 Å². The Balaban J connectivity index is 2.28. The molecule has 0 saturated carbocycles. The largest absolute Gasteiger partial charge is 0.311 e. The van der Waals surface area contributed by atoms with E-state index in [9.17, 15) is 0 Å². The second kappa shape index (κ2) is 4.91. The van der Waals surface area contributed by atoms with Gasteiger partial charge in [0.15, 0.2) is 0 Å². The quantitative estimate of drug-likeness (QED) is 0.805. The maximum absolute atomic E-state index is 3.47. The summed E-state index contributed by atoms with van der Waals surface area (Å²) in [4.78, 5) is 2.24. The van der Waals surface area contributed by atoms with Crippen molar-refractivity contribution in [2.24, 2.45) is 0 Å². The van der Waals surface area contributed by atoms with E-state index in [2.05, 4.69) is 55.0 Å². The van der Waals surface area contributed by atoms with Crippen LogP contribution in [0.2, 0.25) is 0 Å². The van der Waals surface area contributed by atoms with Gasteiger partial charge in [0.2, 0.25) is 0 Å². The van der Waals surface area contributed by atoms with E-state index < -0.39 is 0 Å². The molecule has 1 heterocycles. The third kappa shape index (κ3) is 3.40. The number of hydrogen-bond acceptors (Lipinski definition) is 3. The number of rotatable bonds is 5. The van der Waals surface area contributed by atoms with Crippen LogP contribution in [0.1, 0.15) is 19.4 Å². The molecule has 1 rings (SSSR count). The zero-order valence-corrected chi connectivity index (χ0v) is 10.3. The minimum Gasteiger partial charge on any atom is -0.311 e. The number of thiophene rings is 1. The molecule has 80 valence electrons. The number of nitrogens with zero attached hydrogens (tertiary/aromatic N) is 1. The molecule has 2 nitrogen and oxygen atoms in total. The maximum atomic E-state index is 3.47. The van der Waals surface area contributed by atoms with Crippen LogP contribution in [-0.4, -0.2) is 31.1 Å². The summed E-state index contributed by atoms with van der Waals surface area (Å²) in [5.74, 6) is 0. The van der Waals surface area contributed by atoms with Crippen molar-refractivity contribution in [3.63, 3.8) is 0 Å². The minimum atomic E-state index is 0.218.